The van der Waals surface area contributed by atoms with Gasteiger partial charge in [-0.3, -0.25) is 19.2 Å². The predicted octanol–water partition coefficient (Wildman–Crippen LogP) is 4.36. The third-order valence-corrected chi connectivity index (χ3v) is 5.67. The van der Waals surface area contributed by atoms with E-state index in [-0.39, 0.29) is 58.1 Å². The lowest BCUT2D eigenvalue weighted by molar-refractivity contribution is 0.0852. The zero-order chi connectivity index (χ0) is 23.0. The van der Waals surface area contributed by atoms with Gasteiger partial charge in [0.25, 0.3) is 0 Å². The van der Waals surface area contributed by atoms with E-state index in [0.717, 1.165) is 0 Å². The highest BCUT2D eigenvalue weighted by Gasteiger charge is 2.42. The lowest BCUT2D eigenvalue weighted by Gasteiger charge is -2.28. The van der Waals surface area contributed by atoms with Crippen LogP contribution >= 0.6 is 0 Å². The molecule has 2 aliphatic rings. The fraction of sp³-hybridized carbons (Fsp3) is 0.231. The molecule has 4 rings (SSSR count). The van der Waals surface area contributed by atoms with Gasteiger partial charge in [0.15, 0.2) is 23.1 Å². The van der Waals surface area contributed by atoms with Crippen LogP contribution in [0.3, 0.4) is 0 Å². The van der Waals surface area contributed by atoms with E-state index in [1.807, 2.05) is 0 Å². The molecule has 0 saturated heterocycles. The Kier molecular flexibility index (Phi) is 5.61. The van der Waals surface area contributed by atoms with Gasteiger partial charge < -0.3 is 9.47 Å². The molecule has 0 N–H and O–H groups in total. The number of allylic oxidation sites excluding steroid dienone is 4. The molecule has 0 radical (unpaired) electrons. The van der Waals surface area contributed by atoms with Gasteiger partial charge >= 0.3 is 0 Å². The number of ketones is 4. The molecule has 0 atom stereocenters. The van der Waals surface area contributed by atoms with E-state index in [2.05, 4.69) is 0 Å². The Balaban J connectivity index is 1.93. The summed E-state index contributed by atoms with van der Waals surface area (Å²) in [6.45, 7) is 5.38. The van der Waals surface area contributed by atoms with Crippen molar-refractivity contribution < 1.29 is 28.7 Å². The zero-order valence-electron chi connectivity index (χ0n) is 18.1. The number of carbonyl (C=O) groups is 4. The third kappa shape index (κ3) is 3.19. The van der Waals surface area contributed by atoms with Crippen molar-refractivity contribution in [1.82, 2.24) is 0 Å². The molecular formula is C26H22O6. The third-order valence-electron chi connectivity index (χ3n) is 5.67. The average molecular weight is 430 g/mol. The predicted molar refractivity (Wildman–Crippen MR) is 117 cm³/mol. The van der Waals surface area contributed by atoms with E-state index in [4.69, 9.17) is 9.47 Å². The van der Waals surface area contributed by atoms with Crippen molar-refractivity contribution in [1.29, 1.82) is 0 Å². The van der Waals surface area contributed by atoms with Crippen molar-refractivity contribution in [3.8, 4) is 0 Å². The van der Waals surface area contributed by atoms with Crippen molar-refractivity contribution in [2.75, 3.05) is 13.2 Å². The quantitative estimate of drug-likeness (QED) is 0.677. The standard InChI is InChI=1S/C26H22O6/c1-4-31-25-19(21(27)15-10-6-8-12-17(15)23(25)29)14(3)20-22(28)16-11-7-9-13-18(16)24(30)26(20)32-5-2/h6-14H,4-5H2,1-3H3. The number of ether oxygens (including phenoxy) is 2. The molecule has 162 valence electrons. The van der Waals surface area contributed by atoms with Gasteiger partial charge in [-0.1, -0.05) is 55.5 Å². The van der Waals surface area contributed by atoms with Gasteiger partial charge in [0.2, 0.25) is 11.6 Å². The lowest BCUT2D eigenvalue weighted by atomic mass is 9.75. The Morgan fingerprint density at radius 3 is 1.22 bits per heavy atom. The normalized spacial score (nSPS) is 15.9. The van der Waals surface area contributed by atoms with E-state index in [0.29, 0.717) is 0 Å². The first-order valence-corrected chi connectivity index (χ1v) is 10.5. The number of benzene rings is 2. The summed E-state index contributed by atoms with van der Waals surface area (Å²) in [4.78, 5) is 53.3. The lowest BCUT2D eigenvalue weighted by Crippen LogP contribution is -2.32. The number of fused-ring (bicyclic) bond motifs is 2. The van der Waals surface area contributed by atoms with Gasteiger partial charge in [0.05, 0.1) is 24.4 Å². The molecule has 0 fully saturated rings. The summed E-state index contributed by atoms with van der Waals surface area (Å²) in [6.07, 6.45) is 0. The van der Waals surface area contributed by atoms with Crippen molar-refractivity contribution in [3.05, 3.63) is 93.4 Å². The molecule has 0 unspecified atom stereocenters. The molecule has 0 aromatic heterocycles. The van der Waals surface area contributed by atoms with Crippen LogP contribution < -0.4 is 0 Å². The largest absolute Gasteiger partial charge is 0.489 e. The van der Waals surface area contributed by atoms with Crippen LogP contribution in [0.4, 0.5) is 0 Å². The van der Waals surface area contributed by atoms with Crippen LogP contribution in [0.15, 0.2) is 71.2 Å². The Morgan fingerprint density at radius 2 is 0.906 bits per heavy atom. The maximum absolute atomic E-state index is 13.5. The molecule has 0 heterocycles. The highest BCUT2D eigenvalue weighted by Crippen LogP contribution is 2.39. The first kappa shape index (κ1) is 21.4. The van der Waals surface area contributed by atoms with E-state index in [1.165, 1.54) is 0 Å². The first-order chi connectivity index (χ1) is 15.4. The number of carbonyl (C=O) groups excluding carboxylic acids is 4. The summed E-state index contributed by atoms with van der Waals surface area (Å²) in [7, 11) is 0. The number of hydrogen-bond acceptors (Lipinski definition) is 6. The van der Waals surface area contributed by atoms with Crippen LogP contribution in [-0.4, -0.2) is 36.3 Å². The molecule has 0 saturated carbocycles. The summed E-state index contributed by atoms with van der Waals surface area (Å²) in [5.74, 6) is -2.72. The molecule has 2 aromatic carbocycles. The fourth-order valence-corrected chi connectivity index (χ4v) is 4.25. The molecule has 0 aliphatic heterocycles. The monoisotopic (exact) mass is 430 g/mol. The summed E-state index contributed by atoms with van der Waals surface area (Å²) in [6, 6.07) is 13.0. The minimum absolute atomic E-state index is 0.0586. The molecule has 6 nitrogen and oxygen atoms in total. The van der Waals surface area contributed by atoms with Crippen LogP contribution in [0.2, 0.25) is 0 Å². The molecule has 0 bridgehead atoms. The molecular weight excluding hydrogens is 408 g/mol. The summed E-state index contributed by atoms with van der Waals surface area (Å²) in [5.41, 5.74) is 1.12. The average Bonchev–Trinajstić information content (AvgIpc) is 2.81. The van der Waals surface area contributed by atoms with Gasteiger partial charge in [-0.15, -0.1) is 0 Å². The van der Waals surface area contributed by atoms with Crippen molar-refractivity contribution in [3.63, 3.8) is 0 Å². The molecule has 32 heavy (non-hydrogen) atoms. The van der Waals surface area contributed by atoms with E-state index in [9.17, 15) is 19.2 Å². The minimum Gasteiger partial charge on any atom is -0.489 e. The second kappa shape index (κ2) is 8.38. The highest BCUT2D eigenvalue weighted by atomic mass is 16.5. The topological polar surface area (TPSA) is 86.7 Å². The maximum atomic E-state index is 13.5. The zero-order valence-corrected chi connectivity index (χ0v) is 18.1. The van der Waals surface area contributed by atoms with Gasteiger partial charge in [-0.2, -0.15) is 0 Å². The Hall–Kier alpha value is -3.80. The molecule has 2 aliphatic carbocycles. The first-order valence-electron chi connectivity index (χ1n) is 10.5. The van der Waals surface area contributed by atoms with Crippen LogP contribution in [0, 0.1) is 5.92 Å². The smallest absolute Gasteiger partial charge is 0.228 e. The second-order valence-electron chi connectivity index (χ2n) is 7.48. The Labute approximate surface area is 185 Å². The summed E-state index contributed by atoms with van der Waals surface area (Å²) in [5, 5.41) is 0. The van der Waals surface area contributed by atoms with Crippen molar-refractivity contribution in [2.45, 2.75) is 20.8 Å². The molecule has 0 amide bonds. The SMILES string of the molecule is CCOC1=C(C(C)C2=C(OCC)C(=O)c3ccccc3C2=O)C(=O)c2ccccc2C1=O. The fourth-order valence-electron chi connectivity index (χ4n) is 4.25. The van der Waals surface area contributed by atoms with Gasteiger partial charge in [-0.05, 0) is 13.8 Å². The molecule has 0 spiro atoms. The second-order valence-corrected chi connectivity index (χ2v) is 7.48. The Morgan fingerprint density at radius 1 is 0.594 bits per heavy atom. The van der Waals surface area contributed by atoms with Gasteiger partial charge in [-0.25, -0.2) is 0 Å². The minimum atomic E-state index is -0.896. The van der Waals surface area contributed by atoms with Crippen LogP contribution in [-0.2, 0) is 9.47 Å². The number of rotatable bonds is 6. The maximum Gasteiger partial charge on any atom is 0.228 e. The molecule has 6 heteroatoms. The highest BCUT2D eigenvalue weighted by molar-refractivity contribution is 6.29. The number of hydrogen-bond donors (Lipinski definition) is 0. The van der Waals surface area contributed by atoms with Crippen LogP contribution in [0.5, 0.6) is 0 Å². The van der Waals surface area contributed by atoms with E-state index >= 15 is 0 Å². The van der Waals surface area contributed by atoms with Crippen molar-refractivity contribution in [2.24, 2.45) is 5.92 Å². The van der Waals surface area contributed by atoms with Gasteiger partial charge in [0, 0.05) is 28.2 Å². The van der Waals surface area contributed by atoms with E-state index < -0.39 is 29.1 Å². The summed E-state index contributed by atoms with van der Waals surface area (Å²) >= 11 is 0. The van der Waals surface area contributed by atoms with Gasteiger partial charge in [0.1, 0.15) is 0 Å². The molecule has 2 aromatic rings. The van der Waals surface area contributed by atoms with E-state index in [1.54, 1.807) is 69.3 Å². The number of Topliss-reactive ketones (excluding diaryl/α,β-unsaturated/α-hetero) is 4. The van der Waals surface area contributed by atoms with Crippen LogP contribution in [0.1, 0.15) is 62.2 Å². The Bertz CT molecular complexity index is 1130. The van der Waals surface area contributed by atoms with Crippen molar-refractivity contribution >= 4 is 23.1 Å². The van der Waals surface area contributed by atoms with Crippen LogP contribution in [0.25, 0.3) is 0 Å². The summed E-state index contributed by atoms with van der Waals surface area (Å²) < 4.78 is 11.2.